The largest absolute Gasteiger partial charge is 0.497 e. The number of ketones is 1. The highest BCUT2D eigenvalue weighted by atomic mass is 16.5. The lowest BCUT2D eigenvalue weighted by Gasteiger charge is -2.15. The molecule has 6 nitrogen and oxygen atoms in total. The average molecular weight is 422 g/mol. The van der Waals surface area contributed by atoms with Crippen molar-refractivity contribution >= 4 is 5.78 Å². The van der Waals surface area contributed by atoms with Crippen LogP contribution in [0.3, 0.4) is 0 Å². The summed E-state index contributed by atoms with van der Waals surface area (Å²) >= 11 is 0. The molecule has 0 spiro atoms. The maximum atomic E-state index is 13.5. The first-order chi connectivity index (χ1) is 15.1. The van der Waals surface area contributed by atoms with Gasteiger partial charge in [-0.05, 0) is 54.4 Å². The van der Waals surface area contributed by atoms with Gasteiger partial charge in [0.25, 0.3) is 0 Å². The number of ether oxygens (including phenoxy) is 5. The summed E-state index contributed by atoms with van der Waals surface area (Å²) in [7, 11) is 6.18. The van der Waals surface area contributed by atoms with Crippen LogP contribution in [0.5, 0.6) is 28.7 Å². The highest BCUT2D eigenvalue weighted by Crippen LogP contribution is 2.39. The number of carbonyl (C=O) groups is 1. The van der Waals surface area contributed by atoms with Crippen molar-refractivity contribution in [1.29, 1.82) is 0 Å². The summed E-state index contributed by atoms with van der Waals surface area (Å²) in [6.07, 6.45) is 0. The van der Waals surface area contributed by atoms with Gasteiger partial charge in [0.05, 0.1) is 40.6 Å². The smallest absolute Gasteiger partial charge is 0.203 e. The number of benzene rings is 3. The summed E-state index contributed by atoms with van der Waals surface area (Å²) in [4.78, 5) is 13.5. The lowest BCUT2D eigenvalue weighted by atomic mass is 9.96. The molecule has 0 heterocycles. The molecular weight excluding hydrogens is 396 g/mol. The molecule has 0 bridgehead atoms. The Labute approximate surface area is 182 Å². The van der Waals surface area contributed by atoms with Crippen molar-refractivity contribution in [2.45, 2.75) is 6.92 Å². The van der Waals surface area contributed by atoms with Gasteiger partial charge in [-0.2, -0.15) is 0 Å². The van der Waals surface area contributed by atoms with Crippen LogP contribution in [0.15, 0.2) is 54.6 Å². The fraction of sp³-hybridized carbons (Fsp3) is 0.240. The summed E-state index contributed by atoms with van der Waals surface area (Å²) < 4.78 is 27.1. The van der Waals surface area contributed by atoms with Gasteiger partial charge in [0.2, 0.25) is 5.75 Å². The van der Waals surface area contributed by atoms with Crippen LogP contribution in [0, 0.1) is 0 Å². The van der Waals surface area contributed by atoms with Crippen molar-refractivity contribution < 1.29 is 28.5 Å². The molecule has 162 valence electrons. The monoisotopic (exact) mass is 422 g/mol. The minimum Gasteiger partial charge on any atom is -0.497 e. The van der Waals surface area contributed by atoms with Crippen LogP contribution < -0.4 is 23.7 Å². The molecule has 0 saturated carbocycles. The summed E-state index contributed by atoms with van der Waals surface area (Å²) in [5, 5.41) is 0. The molecule has 0 unspecified atom stereocenters. The molecule has 3 rings (SSSR count). The van der Waals surface area contributed by atoms with Gasteiger partial charge in [-0.1, -0.05) is 18.2 Å². The topological polar surface area (TPSA) is 63.2 Å². The van der Waals surface area contributed by atoms with Crippen LogP contribution in [0.4, 0.5) is 0 Å². The Morgan fingerprint density at radius 3 is 1.84 bits per heavy atom. The first-order valence-electron chi connectivity index (χ1n) is 9.82. The van der Waals surface area contributed by atoms with Crippen LogP contribution in [0.25, 0.3) is 11.1 Å². The molecule has 0 aliphatic carbocycles. The van der Waals surface area contributed by atoms with Gasteiger partial charge in [-0.15, -0.1) is 0 Å². The zero-order valence-corrected chi connectivity index (χ0v) is 18.4. The van der Waals surface area contributed by atoms with Crippen molar-refractivity contribution in [3.8, 4) is 39.9 Å². The molecule has 0 aromatic heterocycles. The highest BCUT2D eigenvalue weighted by Gasteiger charge is 2.21. The van der Waals surface area contributed by atoms with E-state index in [1.54, 1.807) is 19.2 Å². The molecule has 0 atom stereocenters. The van der Waals surface area contributed by atoms with E-state index in [9.17, 15) is 4.79 Å². The van der Waals surface area contributed by atoms with E-state index in [1.165, 1.54) is 21.3 Å². The minimum atomic E-state index is -0.210. The van der Waals surface area contributed by atoms with Gasteiger partial charge in [-0.3, -0.25) is 4.79 Å². The fourth-order valence-corrected chi connectivity index (χ4v) is 3.32. The molecule has 6 heteroatoms. The summed E-state index contributed by atoms with van der Waals surface area (Å²) in [6.45, 7) is 2.32. The van der Waals surface area contributed by atoms with Crippen molar-refractivity contribution in [3.63, 3.8) is 0 Å². The Morgan fingerprint density at radius 1 is 0.710 bits per heavy atom. The predicted molar refractivity (Wildman–Crippen MR) is 119 cm³/mol. The van der Waals surface area contributed by atoms with Gasteiger partial charge in [0.1, 0.15) is 11.5 Å². The molecule has 31 heavy (non-hydrogen) atoms. The van der Waals surface area contributed by atoms with E-state index in [2.05, 4.69) is 0 Å². The van der Waals surface area contributed by atoms with E-state index in [1.807, 2.05) is 49.4 Å². The Hall–Kier alpha value is -3.67. The van der Waals surface area contributed by atoms with Gasteiger partial charge in [-0.25, -0.2) is 0 Å². The molecule has 0 N–H and O–H groups in total. The Kier molecular flexibility index (Phi) is 7.03. The molecule has 0 aliphatic heterocycles. The molecule has 0 fully saturated rings. The van der Waals surface area contributed by atoms with Crippen LogP contribution >= 0.6 is 0 Å². The second-order valence-electron chi connectivity index (χ2n) is 6.62. The molecular formula is C25H26O6. The fourth-order valence-electron chi connectivity index (χ4n) is 3.32. The SMILES string of the molecule is CCOc1ccc(-c2ccc(OC)cc2)cc1C(=O)c1cc(OC)c(OC)c(OC)c1. The highest BCUT2D eigenvalue weighted by molar-refractivity contribution is 6.12. The van der Waals surface area contributed by atoms with E-state index < -0.39 is 0 Å². The number of carbonyl (C=O) groups excluding carboxylic acids is 1. The third-order valence-corrected chi connectivity index (χ3v) is 4.87. The zero-order chi connectivity index (χ0) is 22.4. The van der Waals surface area contributed by atoms with Gasteiger partial charge < -0.3 is 23.7 Å². The van der Waals surface area contributed by atoms with Gasteiger partial charge in [0, 0.05) is 5.56 Å². The van der Waals surface area contributed by atoms with Crippen LogP contribution in [-0.2, 0) is 0 Å². The van der Waals surface area contributed by atoms with Crippen molar-refractivity contribution in [1.82, 2.24) is 0 Å². The van der Waals surface area contributed by atoms with Gasteiger partial charge >= 0.3 is 0 Å². The summed E-state index contributed by atoms with van der Waals surface area (Å²) in [5.74, 6) is 2.32. The maximum absolute atomic E-state index is 13.5. The number of methoxy groups -OCH3 is 4. The van der Waals surface area contributed by atoms with E-state index in [0.29, 0.717) is 40.7 Å². The quantitative estimate of drug-likeness (QED) is 0.451. The number of rotatable bonds is 9. The Bertz CT molecular complexity index is 1030. The normalized spacial score (nSPS) is 10.4. The molecule has 0 aliphatic rings. The summed E-state index contributed by atoms with van der Waals surface area (Å²) in [5.41, 5.74) is 2.71. The zero-order valence-electron chi connectivity index (χ0n) is 18.4. The molecule has 0 amide bonds. The third-order valence-electron chi connectivity index (χ3n) is 4.87. The minimum absolute atomic E-state index is 0.210. The van der Waals surface area contributed by atoms with E-state index in [4.69, 9.17) is 23.7 Å². The third kappa shape index (κ3) is 4.58. The van der Waals surface area contributed by atoms with E-state index >= 15 is 0 Å². The van der Waals surface area contributed by atoms with E-state index in [-0.39, 0.29) is 5.78 Å². The first-order valence-corrected chi connectivity index (χ1v) is 9.82. The summed E-state index contributed by atoms with van der Waals surface area (Å²) in [6, 6.07) is 16.5. The van der Waals surface area contributed by atoms with Crippen LogP contribution in [0.2, 0.25) is 0 Å². The molecule has 0 radical (unpaired) electrons. The lowest BCUT2D eigenvalue weighted by Crippen LogP contribution is -2.07. The Morgan fingerprint density at radius 2 is 1.32 bits per heavy atom. The van der Waals surface area contributed by atoms with Crippen LogP contribution in [0.1, 0.15) is 22.8 Å². The van der Waals surface area contributed by atoms with Crippen molar-refractivity contribution in [2.75, 3.05) is 35.0 Å². The second-order valence-corrected chi connectivity index (χ2v) is 6.62. The van der Waals surface area contributed by atoms with Crippen LogP contribution in [-0.4, -0.2) is 40.8 Å². The Balaban J connectivity index is 2.10. The van der Waals surface area contributed by atoms with E-state index in [0.717, 1.165) is 16.9 Å². The van der Waals surface area contributed by atoms with Gasteiger partial charge in [0.15, 0.2) is 17.3 Å². The van der Waals surface area contributed by atoms with Crippen molar-refractivity contribution in [3.05, 3.63) is 65.7 Å². The average Bonchev–Trinajstić information content (AvgIpc) is 2.83. The standard InChI is InChI=1S/C25H26O6/c1-6-31-21-12-9-17(16-7-10-19(27-2)11-8-16)13-20(21)24(26)18-14-22(28-3)25(30-5)23(15-18)29-4/h7-15H,6H2,1-5H3. The number of hydrogen-bond donors (Lipinski definition) is 0. The second kappa shape index (κ2) is 9.89. The molecule has 3 aromatic rings. The molecule has 0 saturated heterocycles. The predicted octanol–water partition coefficient (Wildman–Crippen LogP) is 5.02. The number of hydrogen-bond acceptors (Lipinski definition) is 6. The molecule has 3 aromatic carbocycles. The maximum Gasteiger partial charge on any atom is 0.203 e. The van der Waals surface area contributed by atoms with Crippen molar-refractivity contribution in [2.24, 2.45) is 0 Å². The lowest BCUT2D eigenvalue weighted by molar-refractivity contribution is 0.103. The first kappa shape index (κ1) is 22.0.